The molecule has 0 spiro atoms. The van der Waals surface area contributed by atoms with Crippen LogP contribution < -0.4 is 10.9 Å². The van der Waals surface area contributed by atoms with Crippen molar-refractivity contribution in [1.82, 2.24) is 9.88 Å². The number of aromatic nitrogens is 1. The number of rotatable bonds is 4. The van der Waals surface area contributed by atoms with Gasteiger partial charge in [0, 0.05) is 34.9 Å². The van der Waals surface area contributed by atoms with Gasteiger partial charge in [-0.3, -0.25) is 9.59 Å². The number of fused-ring (bicyclic) bond motifs is 1. The molecule has 0 radical (unpaired) electrons. The van der Waals surface area contributed by atoms with Crippen LogP contribution >= 0.6 is 15.9 Å². The summed E-state index contributed by atoms with van der Waals surface area (Å²) in [7, 11) is 1.71. The molecule has 3 aromatic rings. The second-order valence-corrected chi connectivity index (χ2v) is 7.96. The van der Waals surface area contributed by atoms with E-state index in [1.807, 2.05) is 48.5 Å². The summed E-state index contributed by atoms with van der Waals surface area (Å²) in [6.45, 7) is 4.63. The smallest absolute Gasteiger partial charge is 0.252 e. The van der Waals surface area contributed by atoms with Crippen molar-refractivity contribution in [3.63, 3.8) is 0 Å². The van der Waals surface area contributed by atoms with Gasteiger partial charge in [0.05, 0.1) is 11.1 Å². The van der Waals surface area contributed by atoms with Crippen molar-refractivity contribution in [3.05, 3.63) is 80.6 Å². The molecule has 0 aliphatic carbocycles. The van der Waals surface area contributed by atoms with Crippen LogP contribution in [0.25, 0.3) is 10.9 Å². The summed E-state index contributed by atoms with van der Waals surface area (Å²) in [5.74, 6) is -0.232. The van der Waals surface area contributed by atoms with Crippen LogP contribution in [0.15, 0.2) is 63.9 Å². The van der Waals surface area contributed by atoms with E-state index in [1.165, 1.54) is 6.07 Å². The maximum absolute atomic E-state index is 12.8. The number of nitrogens with zero attached hydrogens (tertiary/aromatic N) is 1. The molecule has 5 heteroatoms. The second kappa shape index (κ2) is 7.08. The van der Waals surface area contributed by atoms with Gasteiger partial charge in [-0.05, 0) is 23.8 Å². The number of carbonyl (C=O) groups is 1. The first-order valence-electron chi connectivity index (χ1n) is 8.42. The van der Waals surface area contributed by atoms with Gasteiger partial charge in [0.15, 0.2) is 0 Å². The highest BCUT2D eigenvalue weighted by Crippen LogP contribution is 2.24. The zero-order chi connectivity index (χ0) is 18.9. The summed E-state index contributed by atoms with van der Waals surface area (Å²) in [5, 5.41) is 3.76. The van der Waals surface area contributed by atoms with Gasteiger partial charge in [0.1, 0.15) is 0 Å². The van der Waals surface area contributed by atoms with Crippen LogP contribution in [0.1, 0.15) is 29.8 Å². The maximum Gasteiger partial charge on any atom is 0.252 e. The molecule has 2 aromatic carbocycles. The first kappa shape index (κ1) is 18.4. The van der Waals surface area contributed by atoms with E-state index in [9.17, 15) is 9.59 Å². The van der Waals surface area contributed by atoms with Gasteiger partial charge >= 0.3 is 0 Å². The second-order valence-electron chi connectivity index (χ2n) is 7.05. The summed E-state index contributed by atoms with van der Waals surface area (Å²) in [4.78, 5) is 25.0. The lowest BCUT2D eigenvalue weighted by Gasteiger charge is -2.26. The Balaban J connectivity index is 1.87. The Kier molecular flexibility index (Phi) is 5.01. The Bertz CT molecular complexity index is 1020. The summed E-state index contributed by atoms with van der Waals surface area (Å²) in [6, 6.07) is 16.9. The highest BCUT2D eigenvalue weighted by Gasteiger charge is 2.22. The Hall–Kier alpha value is -2.40. The number of carbonyl (C=O) groups excluding carboxylic acids is 1. The van der Waals surface area contributed by atoms with Crippen molar-refractivity contribution in [2.24, 2.45) is 7.05 Å². The van der Waals surface area contributed by atoms with Gasteiger partial charge in [0.2, 0.25) is 0 Å². The molecule has 1 aromatic heterocycles. The predicted octanol–water partition coefficient (Wildman–Crippen LogP) is 4.01. The Morgan fingerprint density at radius 3 is 2.46 bits per heavy atom. The van der Waals surface area contributed by atoms with E-state index in [-0.39, 0.29) is 16.9 Å². The van der Waals surface area contributed by atoms with Crippen LogP contribution in [0.5, 0.6) is 0 Å². The van der Waals surface area contributed by atoms with Crippen LogP contribution in [-0.2, 0) is 12.5 Å². The number of benzene rings is 2. The van der Waals surface area contributed by atoms with E-state index in [0.29, 0.717) is 12.1 Å². The molecule has 0 atom stereocenters. The average molecular weight is 413 g/mol. The molecule has 0 saturated carbocycles. The number of hydrogen-bond donors (Lipinski definition) is 1. The first-order valence-corrected chi connectivity index (χ1v) is 9.22. The SMILES string of the molecule is Cn1c(=O)cc(C(=O)NCC(C)(C)c2ccc(Br)cc2)c2ccccc21. The van der Waals surface area contributed by atoms with Gasteiger partial charge < -0.3 is 9.88 Å². The predicted molar refractivity (Wildman–Crippen MR) is 109 cm³/mol. The lowest BCUT2D eigenvalue weighted by Crippen LogP contribution is -2.37. The molecule has 1 amide bonds. The van der Waals surface area contributed by atoms with Gasteiger partial charge in [-0.1, -0.05) is 60.1 Å². The lowest BCUT2D eigenvalue weighted by molar-refractivity contribution is 0.0947. The molecule has 1 N–H and O–H groups in total. The van der Waals surface area contributed by atoms with Gasteiger partial charge in [-0.2, -0.15) is 0 Å². The number of pyridine rings is 1. The third-order valence-electron chi connectivity index (χ3n) is 4.72. The first-order chi connectivity index (χ1) is 12.3. The monoisotopic (exact) mass is 412 g/mol. The van der Waals surface area contributed by atoms with Crippen molar-refractivity contribution < 1.29 is 4.79 Å². The minimum Gasteiger partial charge on any atom is -0.351 e. The zero-order valence-corrected chi connectivity index (χ0v) is 16.6. The molecule has 0 unspecified atom stereocenters. The number of hydrogen-bond acceptors (Lipinski definition) is 2. The fourth-order valence-electron chi connectivity index (χ4n) is 3.00. The standard InChI is InChI=1S/C21H21BrN2O2/c1-21(2,14-8-10-15(22)11-9-14)13-23-20(26)17-12-19(25)24(3)18-7-5-4-6-16(17)18/h4-12H,13H2,1-3H3,(H,23,26). The normalized spacial score (nSPS) is 11.5. The number of para-hydroxylation sites is 1. The van der Waals surface area contributed by atoms with E-state index < -0.39 is 0 Å². The lowest BCUT2D eigenvalue weighted by atomic mass is 9.84. The summed E-state index contributed by atoms with van der Waals surface area (Å²) in [6.07, 6.45) is 0. The Morgan fingerprint density at radius 1 is 1.12 bits per heavy atom. The van der Waals surface area contributed by atoms with Crippen LogP contribution in [-0.4, -0.2) is 17.0 Å². The minimum absolute atomic E-state index is 0.194. The van der Waals surface area contributed by atoms with Crippen LogP contribution in [0.3, 0.4) is 0 Å². The molecule has 26 heavy (non-hydrogen) atoms. The molecule has 0 fully saturated rings. The molecule has 3 rings (SSSR count). The molecule has 134 valence electrons. The Labute approximate surface area is 161 Å². The zero-order valence-electron chi connectivity index (χ0n) is 15.0. The quantitative estimate of drug-likeness (QED) is 0.703. The van der Waals surface area contributed by atoms with Gasteiger partial charge in [-0.25, -0.2) is 0 Å². The van der Waals surface area contributed by atoms with E-state index in [1.54, 1.807) is 11.6 Å². The molecule has 4 nitrogen and oxygen atoms in total. The summed E-state index contributed by atoms with van der Waals surface area (Å²) >= 11 is 3.44. The average Bonchev–Trinajstić information content (AvgIpc) is 2.63. The highest BCUT2D eigenvalue weighted by molar-refractivity contribution is 9.10. The van der Waals surface area contributed by atoms with Gasteiger partial charge in [0.25, 0.3) is 11.5 Å². The summed E-state index contributed by atoms with van der Waals surface area (Å²) < 4.78 is 2.57. The van der Waals surface area contributed by atoms with Crippen LogP contribution in [0.4, 0.5) is 0 Å². The highest BCUT2D eigenvalue weighted by atomic mass is 79.9. The third kappa shape index (κ3) is 3.58. The molecule has 0 aliphatic heterocycles. The van der Waals surface area contributed by atoms with Crippen LogP contribution in [0.2, 0.25) is 0 Å². The molecular weight excluding hydrogens is 392 g/mol. The molecule has 0 saturated heterocycles. The van der Waals surface area contributed by atoms with E-state index in [2.05, 4.69) is 35.1 Å². The third-order valence-corrected chi connectivity index (χ3v) is 5.24. The molecular formula is C21H21BrN2O2. The minimum atomic E-state index is -0.232. The van der Waals surface area contributed by atoms with Crippen molar-refractivity contribution in [2.75, 3.05) is 6.54 Å². The summed E-state index contributed by atoms with van der Waals surface area (Å²) in [5.41, 5.74) is 1.87. The fraction of sp³-hybridized carbons (Fsp3) is 0.238. The van der Waals surface area contributed by atoms with Crippen molar-refractivity contribution in [1.29, 1.82) is 0 Å². The van der Waals surface area contributed by atoms with Crippen molar-refractivity contribution in [3.8, 4) is 0 Å². The van der Waals surface area contributed by atoms with Crippen molar-refractivity contribution >= 4 is 32.7 Å². The van der Waals surface area contributed by atoms with E-state index in [4.69, 9.17) is 0 Å². The molecule has 0 bridgehead atoms. The number of amides is 1. The van der Waals surface area contributed by atoms with E-state index >= 15 is 0 Å². The van der Waals surface area contributed by atoms with E-state index in [0.717, 1.165) is 20.9 Å². The number of halogens is 1. The van der Waals surface area contributed by atoms with Crippen LogP contribution in [0, 0.1) is 0 Å². The van der Waals surface area contributed by atoms with Gasteiger partial charge in [-0.15, -0.1) is 0 Å². The fourth-order valence-corrected chi connectivity index (χ4v) is 3.26. The topological polar surface area (TPSA) is 51.1 Å². The number of aryl methyl sites for hydroxylation is 1. The molecule has 1 heterocycles. The maximum atomic E-state index is 12.8. The number of nitrogens with one attached hydrogen (secondary N) is 1. The molecule has 0 aliphatic rings. The van der Waals surface area contributed by atoms with Crippen molar-refractivity contribution in [2.45, 2.75) is 19.3 Å². The largest absolute Gasteiger partial charge is 0.351 e. The Morgan fingerprint density at radius 2 is 1.77 bits per heavy atom.